The molecule has 0 aliphatic carbocycles. The summed E-state index contributed by atoms with van der Waals surface area (Å²) in [5, 5.41) is 4.53. The van der Waals surface area contributed by atoms with E-state index < -0.39 is 30.2 Å². The van der Waals surface area contributed by atoms with Gasteiger partial charge in [-0.25, -0.2) is 4.98 Å². The highest BCUT2D eigenvalue weighted by molar-refractivity contribution is 7.26. The molecule has 12 aromatic rings. The second kappa shape index (κ2) is 13.1. The summed E-state index contributed by atoms with van der Waals surface area (Å²) in [4.78, 5) is 15.4. The van der Waals surface area contributed by atoms with Gasteiger partial charge in [0, 0.05) is 42.1 Å². The van der Waals surface area contributed by atoms with E-state index in [1.54, 1.807) is 0 Å². The first-order valence-electron chi connectivity index (χ1n) is 23.3. The van der Waals surface area contributed by atoms with E-state index in [-0.39, 0.29) is 78.3 Å². The highest BCUT2D eigenvalue weighted by Crippen LogP contribution is 2.44. The number of para-hydroxylation sites is 2. The van der Waals surface area contributed by atoms with Crippen molar-refractivity contribution in [2.75, 3.05) is 0 Å². The second-order valence-corrected chi connectivity index (χ2v) is 15.2. The molecule has 12 rings (SSSR count). The molecule has 0 aliphatic heterocycles. The van der Waals surface area contributed by atoms with Gasteiger partial charge in [-0.2, -0.15) is 9.97 Å². The Hall–Kier alpha value is -7.47. The first-order chi connectivity index (χ1) is 32.5. The summed E-state index contributed by atoms with van der Waals surface area (Å²) in [7, 11) is 0. The smallest absolute Gasteiger partial charge is 0.238 e. The SMILES string of the molecule is [2H]c1c([2H])c([2H])c2c(sc3c4c([2H])c([2H])c([2H])c([2H])c4c([2H])c(-c4nc(-c5cccc(-c6ccc(-c7ccc8ccccc8c7)cc6)c5)nc(-n5c6ccccc6c6ccccc65)n4)c32)c1[2H]. The normalized spacial score (nSPS) is 14.0. The van der Waals surface area contributed by atoms with Crippen LogP contribution < -0.4 is 0 Å². The molecule has 0 fully saturated rings. The van der Waals surface area contributed by atoms with Crippen molar-refractivity contribution in [1.29, 1.82) is 0 Å². The summed E-state index contributed by atoms with van der Waals surface area (Å²) < 4.78 is 83.1. The molecular weight excluding hydrogens is 725 g/mol. The predicted molar refractivity (Wildman–Crippen MR) is 244 cm³/mol. The van der Waals surface area contributed by atoms with Crippen molar-refractivity contribution < 1.29 is 12.3 Å². The van der Waals surface area contributed by atoms with Crippen LogP contribution in [0.1, 0.15) is 12.3 Å². The topological polar surface area (TPSA) is 43.6 Å². The Labute approximate surface area is 350 Å². The van der Waals surface area contributed by atoms with Gasteiger partial charge in [-0.15, -0.1) is 11.3 Å². The number of nitrogens with zero attached hydrogens (tertiary/aromatic N) is 4. The van der Waals surface area contributed by atoms with Crippen molar-refractivity contribution in [2.24, 2.45) is 0 Å². The van der Waals surface area contributed by atoms with Crippen molar-refractivity contribution in [3.63, 3.8) is 0 Å². The molecule has 0 radical (unpaired) electrons. The average molecular weight is 766 g/mol. The zero-order chi connectivity index (χ0) is 46.0. The van der Waals surface area contributed by atoms with Crippen LogP contribution in [0.3, 0.4) is 0 Å². The Balaban J connectivity index is 1.14. The first kappa shape index (κ1) is 24.9. The fourth-order valence-electron chi connectivity index (χ4n) is 8.07. The average Bonchev–Trinajstić information content (AvgIpc) is 3.92. The zero-order valence-electron chi connectivity index (χ0n) is 39.5. The summed E-state index contributed by atoms with van der Waals surface area (Å²) >= 11 is 0.997. The third-order valence-electron chi connectivity index (χ3n) is 10.8. The maximum atomic E-state index is 9.90. The lowest BCUT2D eigenvalue weighted by Gasteiger charge is -2.13. The molecule has 0 aliphatic rings. The van der Waals surface area contributed by atoms with Gasteiger partial charge in [0.1, 0.15) is 0 Å². The molecule has 0 saturated heterocycles. The molecule has 5 heteroatoms. The molecular formula is C53H32N4S. The molecule has 0 N–H and O–H groups in total. The third-order valence-corrected chi connectivity index (χ3v) is 11.9. The minimum Gasteiger partial charge on any atom is -0.278 e. The van der Waals surface area contributed by atoms with E-state index in [0.29, 0.717) is 5.56 Å². The highest BCUT2D eigenvalue weighted by atomic mass is 32.1. The Morgan fingerprint density at radius 1 is 0.448 bits per heavy atom. The Kier molecular flexibility index (Phi) is 5.61. The summed E-state index contributed by atoms with van der Waals surface area (Å²) in [6.07, 6.45) is 0. The number of hydrogen-bond acceptors (Lipinski definition) is 4. The van der Waals surface area contributed by atoms with Crippen LogP contribution in [0.4, 0.5) is 0 Å². The van der Waals surface area contributed by atoms with Crippen LogP contribution in [-0.4, -0.2) is 19.5 Å². The third kappa shape index (κ3) is 5.25. The van der Waals surface area contributed by atoms with Gasteiger partial charge in [0.2, 0.25) is 5.95 Å². The molecule has 58 heavy (non-hydrogen) atoms. The maximum absolute atomic E-state index is 9.90. The van der Waals surface area contributed by atoms with Crippen molar-refractivity contribution in [3.05, 3.63) is 194 Å². The number of hydrogen-bond donors (Lipinski definition) is 0. The van der Waals surface area contributed by atoms with Crippen molar-refractivity contribution >= 4 is 74.9 Å². The molecule has 0 amide bonds. The van der Waals surface area contributed by atoms with Crippen molar-refractivity contribution in [3.8, 4) is 51.0 Å². The minimum atomic E-state index is -0.522. The number of aromatic nitrogens is 4. The maximum Gasteiger partial charge on any atom is 0.238 e. The standard InChI is InChI=1S/C53H32N4S/c1-2-13-36-30-38(29-28-33(36)12-1)35-26-24-34(25-27-35)37-15-11-16-40(31-37)51-54-52(56-53(55-51)57-46-21-8-5-18-42(46)43-19-6-9-22-47(43)57)45-32-39-14-3-4-17-41(39)50-49(45)44-20-7-10-23-48(44)58-50/h1-32H/i3D,4D,7D,10D,14D,17D,20D,23D,32D. The number of fused-ring (bicyclic) bond motifs is 9. The quantitative estimate of drug-likeness (QED) is 0.175. The molecule has 3 heterocycles. The summed E-state index contributed by atoms with van der Waals surface area (Å²) in [6.45, 7) is 0. The summed E-state index contributed by atoms with van der Waals surface area (Å²) in [5.74, 6) is 0.454. The van der Waals surface area contributed by atoms with Crippen LogP contribution >= 0.6 is 11.3 Å². The lowest BCUT2D eigenvalue weighted by molar-refractivity contribution is 0.954. The molecule has 0 bridgehead atoms. The fraction of sp³-hybridized carbons (Fsp3) is 0. The molecule has 9 aromatic carbocycles. The van der Waals surface area contributed by atoms with Crippen LogP contribution in [0.15, 0.2) is 194 Å². The lowest BCUT2D eigenvalue weighted by Crippen LogP contribution is -2.06. The van der Waals surface area contributed by atoms with Gasteiger partial charge in [-0.3, -0.25) is 4.57 Å². The van der Waals surface area contributed by atoms with Crippen LogP contribution in [0, 0.1) is 0 Å². The van der Waals surface area contributed by atoms with Crippen molar-refractivity contribution in [2.45, 2.75) is 0 Å². The Morgan fingerprint density at radius 2 is 1.07 bits per heavy atom. The van der Waals surface area contributed by atoms with Crippen molar-refractivity contribution in [1.82, 2.24) is 19.5 Å². The van der Waals surface area contributed by atoms with Gasteiger partial charge < -0.3 is 0 Å². The van der Waals surface area contributed by atoms with Gasteiger partial charge >= 0.3 is 0 Å². The molecule has 0 saturated carbocycles. The Morgan fingerprint density at radius 3 is 1.86 bits per heavy atom. The van der Waals surface area contributed by atoms with Gasteiger partial charge in [0.15, 0.2) is 11.6 Å². The minimum absolute atomic E-state index is 0.0107. The first-order valence-corrected chi connectivity index (χ1v) is 19.6. The van der Waals surface area contributed by atoms with Crippen LogP contribution in [0.5, 0.6) is 0 Å². The largest absolute Gasteiger partial charge is 0.278 e. The van der Waals surface area contributed by atoms with E-state index in [4.69, 9.17) is 24.5 Å². The highest BCUT2D eigenvalue weighted by Gasteiger charge is 2.21. The number of rotatable bonds is 5. The monoisotopic (exact) mass is 765 g/mol. The molecule has 0 unspecified atom stereocenters. The molecule has 3 aromatic heterocycles. The molecule has 0 atom stereocenters. The van der Waals surface area contributed by atoms with E-state index in [2.05, 4.69) is 54.6 Å². The number of thiophene rings is 1. The van der Waals surface area contributed by atoms with Crippen LogP contribution in [-0.2, 0) is 0 Å². The molecule has 4 nitrogen and oxygen atoms in total. The van der Waals surface area contributed by atoms with Gasteiger partial charge in [0.05, 0.1) is 23.4 Å². The number of benzene rings is 9. The van der Waals surface area contributed by atoms with E-state index in [0.717, 1.165) is 60.8 Å². The summed E-state index contributed by atoms with van der Waals surface area (Å²) in [5.41, 5.74) is 6.34. The van der Waals surface area contributed by atoms with E-state index in [1.165, 1.54) is 5.39 Å². The zero-order valence-corrected chi connectivity index (χ0v) is 31.3. The van der Waals surface area contributed by atoms with E-state index >= 15 is 0 Å². The second-order valence-electron chi connectivity index (χ2n) is 14.1. The van der Waals surface area contributed by atoms with Gasteiger partial charge in [-0.05, 0) is 80.1 Å². The predicted octanol–water partition coefficient (Wildman–Crippen LogP) is 14.3. The Bertz CT molecular complexity index is 4060. The summed E-state index contributed by atoms with van der Waals surface area (Å²) in [6, 6.07) is 43.0. The van der Waals surface area contributed by atoms with E-state index in [1.807, 2.05) is 89.5 Å². The van der Waals surface area contributed by atoms with Gasteiger partial charge in [0.25, 0.3) is 0 Å². The van der Waals surface area contributed by atoms with E-state index in [9.17, 15) is 2.74 Å². The molecule has 270 valence electrons. The molecule has 0 spiro atoms. The fourth-order valence-corrected chi connectivity index (χ4v) is 9.19. The lowest BCUT2D eigenvalue weighted by atomic mass is 9.97. The van der Waals surface area contributed by atoms with Gasteiger partial charge in [-0.1, -0.05) is 158 Å². The van der Waals surface area contributed by atoms with Crippen LogP contribution in [0.2, 0.25) is 0 Å². The van der Waals surface area contributed by atoms with Crippen LogP contribution in [0.25, 0.3) is 115 Å².